The van der Waals surface area contributed by atoms with Crippen molar-refractivity contribution in [3.8, 4) is 11.3 Å². The van der Waals surface area contributed by atoms with Gasteiger partial charge in [0.15, 0.2) is 11.5 Å². The van der Waals surface area contributed by atoms with Crippen LogP contribution in [0.5, 0.6) is 0 Å². The smallest absolute Gasteiger partial charge is 0.273 e. The molecule has 0 unspecified atom stereocenters. The molecule has 3 aromatic rings. The topological polar surface area (TPSA) is 109 Å². The molecule has 2 aromatic heterocycles. The van der Waals surface area contributed by atoms with Crippen molar-refractivity contribution < 1.29 is 5.21 Å². The van der Waals surface area contributed by atoms with Crippen LogP contribution in [-0.4, -0.2) is 25.6 Å². The summed E-state index contributed by atoms with van der Waals surface area (Å²) in [7, 11) is 0. The van der Waals surface area contributed by atoms with Crippen LogP contribution in [0.25, 0.3) is 16.9 Å². The van der Waals surface area contributed by atoms with E-state index >= 15 is 0 Å². The fraction of sp³-hybridized carbons (Fsp3) is 0. The van der Waals surface area contributed by atoms with Crippen LogP contribution in [0.4, 0.5) is 0 Å². The van der Waals surface area contributed by atoms with E-state index in [0.717, 1.165) is 5.56 Å². The first-order valence-electron chi connectivity index (χ1n) is 5.85. The molecule has 0 amide bonds. The van der Waals surface area contributed by atoms with Crippen molar-refractivity contribution in [3.05, 3.63) is 58.5 Å². The van der Waals surface area contributed by atoms with E-state index in [0.29, 0.717) is 16.9 Å². The number of hydrogen-bond donors (Lipinski definition) is 3. The first-order chi connectivity index (χ1) is 9.70. The van der Waals surface area contributed by atoms with Gasteiger partial charge >= 0.3 is 0 Å². The number of amidine groups is 1. The van der Waals surface area contributed by atoms with E-state index in [-0.39, 0.29) is 11.4 Å². The predicted molar refractivity (Wildman–Crippen MR) is 73.8 cm³/mol. The zero-order chi connectivity index (χ0) is 14.1. The Labute approximate surface area is 113 Å². The van der Waals surface area contributed by atoms with Crippen LogP contribution in [-0.2, 0) is 0 Å². The third kappa shape index (κ3) is 1.81. The average Bonchev–Trinajstić information content (AvgIpc) is 2.92. The number of aromatic nitrogens is 3. The maximum absolute atomic E-state index is 12.0. The Kier molecular flexibility index (Phi) is 2.72. The van der Waals surface area contributed by atoms with Gasteiger partial charge in [-0.2, -0.15) is 0 Å². The number of H-pyrrole nitrogens is 1. The van der Waals surface area contributed by atoms with Gasteiger partial charge in [0.25, 0.3) is 5.56 Å². The zero-order valence-electron chi connectivity index (χ0n) is 10.3. The van der Waals surface area contributed by atoms with E-state index in [2.05, 4.69) is 15.2 Å². The van der Waals surface area contributed by atoms with Gasteiger partial charge in [-0.05, 0) is 0 Å². The van der Waals surface area contributed by atoms with Crippen molar-refractivity contribution in [2.45, 2.75) is 0 Å². The molecule has 0 atom stereocenters. The molecular weight excluding hydrogens is 258 g/mol. The fourth-order valence-electron chi connectivity index (χ4n) is 1.98. The highest BCUT2D eigenvalue weighted by Gasteiger charge is 2.12. The van der Waals surface area contributed by atoms with Gasteiger partial charge in [-0.1, -0.05) is 35.5 Å². The number of benzene rings is 1. The van der Waals surface area contributed by atoms with Crippen LogP contribution in [0, 0.1) is 0 Å². The normalized spacial score (nSPS) is 11.9. The molecule has 0 aliphatic carbocycles. The quantitative estimate of drug-likeness (QED) is 0.276. The second-order valence-electron chi connectivity index (χ2n) is 4.18. The number of nitrogens with two attached hydrogens (primary N) is 1. The van der Waals surface area contributed by atoms with Crippen molar-refractivity contribution in [2.24, 2.45) is 10.9 Å². The lowest BCUT2D eigenvalue weighted by atomic mass is 10.1. The Hall–Kier alpha value is -3.09. The number of nitrogens with zero attached hydrogens (tertiary/aromatic N) is 3. The molecule has 7 heteroatoms. The molecule has 0 saturated heterocycles. The van der Waals surface area contributed by atoms with Crippen LogP contribution < -0.4 is 11.3 Å². The molecule has 2 heterocycles. The second kappa shape index (κ2) is 4.54. The minimum atomic E-state index is -0.272. The molecule has 1 aromatic carbocycles. The van der Waals surface area contributed by atoms with Crippen LogP contribution >= 0.6 is 0 Å². The summed E-state index contributed by atoms with van der Waals surface area (Å²) in [5.41, 5.74) is 7.32. The van der Waals surface area contributed by atoms with E-state index in [4.69, 9.17) is 10.9 Å². The molecule has 0 aliphatic rings. The SMILES string of the molecule is N/C(=N\O)c1c[nH]n2c(=O)cc(-c3ccccc3)nc12. The summed E-state index contributed by atoms with van der Waals surface area (Å²) >= 11 is 0. The second-order valence-corrected chi connectivity index (χ2v) is 4.18. The Morgan fingerprint density at radius 2 is 2.10 bits per heavy atom. The highest BCUT2D eigenvalue weighted by Crippen LogP contribution is 2.16. The highest BCUT2D eigenvalue weighted by atomic mass is 16.4. The first-order valence-corrected chi connectivity index (χ1v) is 5.85. The summed E-state index contributed by atoms with van der Waals surface area (Å²) in [6.07, 6.45) is 1.47. The van der Waals surface area contributed by atoms with Crippen LogP contribution in [0.15, 0.2) is 52.5 Å². The molecule has 20 heavy (non-hydrogen) atoms. The van der Waals surface area contributed by atoms with Gasteiger partial charge in [-0.15, -0.1) is 0 Å². The van der Waals surface area contributed by atoms with E-state index < -0.39 is 0 Å². The fourth-order valence-corrected chi connectivity index (χ4v) is 1.98. The number of oxime groups is 1. The number of rotatable bonds is 2. The van der Waals surface area contributed by atoms with Gasteiger partial charge < -0.3 is 10.9 Å². The molecule has 0 aliphatic heterocycles. The van der Waals surface area contributed by atoms with Crippen molar-refractivity contribution in [3.63, 3.8) is 0 Å². The molecule has 0 radical (unpaired) electrons. The van der Waals surface area contributed by atoms with Crippen LogP contribution in [0.1, 0.15) is 5.56 Å². The molecule has 0 bridgehead atoms. The summed E-state index contributed by atoms with van der Waals surface area (Å²) in [4.78, 5) is 16.4. The molecular formula is C13H11N5O2. The summed E-state index contributed by atoms with van der Waals surface area (Å²) in [5.74, 6) is -0.110. The Morgan fingerprint density at radius 1 is 1.35 bits per heavy atom. The van der Waals surface area contributed by atoms with Crippen molar-refractivity contribution in [1.82, 2.24) is 14.6 Å². The highest BCUT2D eigenvalue weighted by molar-refractivity contribution is 6.02. The Morgan fingerprint density at radius 3 is 2.80 bits per heavy atom. The summed E-state index contributed by atoms with van der Waals surface area (Å²) in [5, 5.41) is 14.4. The van der Waals surface area contributed by atoms with Gasteiger partial charge in [0.05, 0.1) is 11.3 Å². The van der Waals surface area contributed by atoms with E-state index in [1.54, 1.807) is 0 Å². The minimum Gasteiger partial charge on any atom is -0.409 e. The summed E-state index contributed by atoms with van der Waals surface area (Å²) < 4.78 is 1.24. The van der Waals surface area contributed by atoms with Crippen LogP contribution in [0.3, 0.4) is 0 Å². The predicted octanol–water partition coefficient (Wildman–Crippen LogP) is 0.784. The minimum absolute atomic E-state index is 0.110. The van der Waals surface area contributed by atoms with Gasteiger partial charge in [-0.25, -0.2) is 9.50 Å². The summed E-state index contributed by atoms with van der Waals surface area (Å²) in [6, 6.07) is 10.7. The van der Waals surface area contributed by atoms with E-state index in [1.807, 2.05) is 30.3 Å². The number of fused-ring (bicyclic) bond motifs is 1. The lowest BCUT2D eigenvalue weighted by Gasteiger charge is -2.02. The lowest BCUT2D eigenvalue weighted by molar-refractivity contribution is 0.318. The van der Waals surface area contributed by atoms with Gasteiger partial charge in [-0.3, -0.25) is 9.89 Å². The lowest BCUT2D eigenvalue weighted by Crippen LogP contribution is -2.17. The monoisotopic (exact) mass is 269 g/mol. The standard InChI is InChI=1S/C13H11N5O2/c14-12(17-20)9-7-15-18-11(19)6-10(16-13(9)18)8-4-2-1-3-5-8/h1-7,15,20H,(H2,14,17). The van der Waals surface area contributed by atoms with Crippen LogP contribution in [0.2, 0.25) is 0 Å². The number of aromatic amines is 1. The number of nitrogens with one attached hydrogen (secondary N) is 1. The Balaban J connectivity index is 2.30. The molecule has 3 rings (SSSR count). The maximum atomic E-state index is 12.0. The van der Waals surface area contributed by atoms with Crippen molar-refractivity contribution in [1.29, 1.82) is 0 Å². The Bertz CT molecular complexity index is 848. The first kappa shape index (κ1) is 12.0. The van der Waals surface area contributed by atoms with Gasteiger partial charge in [0.2, 0.25) is 0 Å². The zero-order valence-corrected chi connectivity index (χ0v) is 10.3. The molecule has 0 spiro atoms. The van der Waals surface area contributed by atoms with Gasteiger partial charge in [0.1, 0.15) is 0 Å². The molecule has 100 valence electrons. The number of hydrogen-bond acceptors (Lipinski definition) is 4. The van der Waals surface area contributed by atoms with Gasteiger partial charge in [0, 0.05) is 17.8 Å². The maximum Gasteiger partial charge on any atom is 0.273 e. The third-order valence-corrected chi connectivity index (χ3v) is 2.95. The molecule has 0 fully saturated rings. The molecule has 7 nitrogen and oxygen atoms in total. The third-order valence-electron chi connectivity index (χ3n) is 2.95. The van der Waals surface area contributed by atoms with E-state index in [9.17, 15) is 4.79 Å². The van der Waals surface area contributed by atoms with E-state index in [1.165, 1.54) is 16.8 Å². The average molecular weight is 269 g/mol. The van der Waals surface area contributed by atoms with Crippen molar-refractivity contribution >= 4 is 11.5 Å². The van der Waals surface area contributed by atoms with Crippen molar-refractivity contribution in [2.75, 3.05) is 0 Å². The molecule has 4 N–H and O–H groups in total. The largest absolute Gasteiger partial charge is 0.409 e. The molecule has 0 saturated carbocycles. The summed E-state index contributed by atoms with van der Waals surface area (Å²) in [6.45, 7) is 0.